The van der Waals surface area contributed by atoms with Crippen molar-refractivity contribution in [1.29, 1.82) is 0 Å². The van der Waals surface area contributed by atoms with Crippen LogP contribution in [-0.4, -0.2) is 48.9 Å². The van der Waals surface area contributed by atoms with E-state index >= 15 is 0 Å². The lowest BCUT2D eigenvalue weighted by Crippen LogP contribution is -2.49. The molecule has 6 nitrogen and oxygen atoms in total. The molecular formula is C21H18F4N4O2S. The van der Waals surface area contributed by atoms with Crippen LogP contribution in [0.15, 0.2) is 65.8 Å². The molecule has 0 radical (unpaired) electrons. The summed E-state index contributed by atoms with van der Waals surface area (Å²) >= 11 is 0. The minimum absolute atomic E-state index is 0.0474. The highest BCUT2D eigenvalue weighted by atomic mass is 32.2. The van der Waals surface area contributed by atoms with Crippen molar-refractivity contribution in [3.05, 3.63) is 72.3 Å². The van der Waals surface area contributed by atoms with Crippen molar-refractivity contribution in [2.75, 3.05) is 31.1 Å². The van der Waals surface area contributed by atoms with Crippen molar-refractivity contribution < 1.29 is 26.0 Å². The van der Waals surface area contributed by atoms with Crippen LogP contribution in [0.3, 0.4) is 0 Å². The average molecular weight is 466 g/mol. The SMILES string of the molecule is O=S(=O)(c1ccc(F)c(C(F)(F)F)c1)N1CCN(c2cc(-c3ccccc3)ncn2)CC1. The van der Waals surface area contributed by atoms with Gasteiger partial charge in [-0.3, -0.25) is 0 Å². The molecule has 168 valence electrons. The van der Waals surface area contributed by atoms with Crippen molar-refractivity contribution in [2.45, 2.75) is 11.1 Å². The number of alkyl halides is 3. The Kier molecular flexibility index (Phi) is 5.87. The van der Waals surface area contributed by atoms with Gasteiger partial charge in [-0.25, -0.2) is 22.8 Å². The van der Waals surface area contributed by atoms with Gasteiger partial charge in [0, 0.05) is 37.8 Å². The molecule has 0 amide bonds. The maximum Gasteiger partial charge on any atom is 0.419 e. The van der Waals surface area contributed by atoms with E-state index < -0.39 is 32.5 Å². The lowest BCUT2D eigenvalue weighted by Gasteiger charge is -2.34. The van der Waals surface area contributed by atoms with Gasteiger partial charge >= 0.3 is 6.18 Å². The predicted octanol–water partition coefficient (Wildman–Crippen LogP) is 3.81. The molecule has 1 fully saturated rings. The first-order chi connectivity index (χ1) is 15.2. The third-order valence-corrected chi connectivity index (χ3v) is 7.06. The second-order valence-electron chi connectivity index (χ2n) is 7.16. The van der Waals surface area contributed by atoms with E-state index in [2.05, 4.69) is 9.97 Å². The smallest absolute Gasteiger partial charge is 0.354 e. The minimum Gasteiger partial charge on any atom is -0.354 e. The summed E-state index contributed by atoms with van der Waals surface area (Å²) in [5.41, 5.74) is 0.0254. The summed E-state index contributed by atoms with van der Waals surface area (Å²) in [5.74, 6) is -0.892. The number of nitrogens with zero attached hydrogens (tertiary/aromatic N) is 4. The Balaban J connectivity index is 1.51. The summed E-state index contributed by atoms with van der Waals surface area (Å²) in [6, 6.07) is 13.0. The molecule has 32 heavy (non-hydrogen) atoms. The summed E-state index contributed by atoms with van der Waals surface area (Å²) in [7, 11) is -4.21. The highest BCUT2D eigenvalue weighted by Gasteiger charge is 2.37. The molecule has 11 heteroatoms. The summed E-state index contributed by atoms with van der Waals surface area (Å²) in [6.07, 6.45) is -3.56. The summed E-state index contributed by atoms with van der Waals surface area (Å²) in [5, 5.41) is 0. The van der Waals surface area contributed by atoms with Crippen LogP contribution in [0.4, 0.5) is 23.4 Å². The number of hydrogen-bond acceptors (Lipinski definition) is 5. The van der Waals surface area contributed by atoms with Gasteiger partial charge < -0.3 is 4.90 Å². The number of sulfonamides is 1. The van der Waals surface area contributed by atoms with Crippen LogP contribution in [0, 0.1) is 5.82 Å². The van der Waals surface area contributed by atoms with Gasteiger partial charge in [-0.15, -0.1) is 0 Å². The monoisotopic (exact) mass is 466 g/mol. The summed E-state index contributed by atoms with van der Waals surface area (Å²) in [4.78, 5) is 9.82. The maximum atomic E-state index is 13.5. The van der Waals surface area contributed by atoms with Crippen molar-refractivity contribution >= 4 is 15.8 Å². The molecule has 1 aliphatic heterocycles. The Labute approximate surface area is 182 Å². The first-order valence-electron chi connectivity index (χ1n) is 9.65. The lowest BCUT2D eigenvalue weighted by atomic mass is 10.1. The molecule has 0 atom stereocenters. The van der Waals surface area contributed by atoms with Crippen LogP contribution in [0.25, 0.3) is 11.3 Å². The first kappa shape index (κ1) is 22.2. The molecule has 0 bridgehead atoms. The van der Waals surface area contributed by atoms with Gasteiger partial charge in [-0.05, 0) is 18.2 Å². The number of rotatable bonds is 4. The molecule has 0 spiro atoms. The molecule has 0 unspecified atom stereocenters. The Hall–Kier alpha value is -3.05. The van der Waals surface area contributed by atoms with E-state index in [0.717, 1.165) is 21.6 Å². The Bertz CT molecular complexity index is 1210. The number of benzene rings is 2. The van der Waals surface area contributed by atoms with E-state index in [1.54, 1.807) is 6.07 Å². The maximum absolute atomic E-state index is 13.5. The minimum atomic E-state index is -4.99. The fourth-order valence-corrected chi connectivity index (χ4v) is 4.92. The number of aromatic nitrogens is 2. The zero-order valence-corrected chi connectivity index (χ0v) is 17.4. The van der Waals surface area contributed by atoms with Crippen LogP contribution in [-0.2, 0) is 16.2 Å². The fourth-order valence-electron chi connectivity index (χ4n) is 3.48. The molecule has 3 aromatic rings. The number of halogens is 4. The van der Waals surface area contributed by atoms with E-state index in [9.17, 15) is 26.0 Å². The third kappa shape index (κ3) is 4.44. The van der Waals surface area contributed by atoms with Crippen molar-refractivity contribution in [3.8, 4) is 11.3 Å². The number of hydrogen-bond donors (Lipinski definition) is 0. The molecule has 1 aliphatic rings. The lowest BCUT2D eigenvalue weighted by molar-refractivity contribution is -0.140. The van der Waals surface area contributed by atoms with Crippen molar-refractivity contribution in [2.24, 2.45) is 0 Å². The Morgan fingerprint density at radius 3 is 2.22 bits per heavy atom. The Morgan fingerprint density at radius 2 is 1.56 bits per heavy atom. The largest absolute Gasteiger partial charge is 0.419 e. The highest BCUT2D eigenvalue weighted by molar-refractivity contribution is 7.89. The molecule has 0 aliphatic carbocycles. The van der Waals surface area contributed by atoms with Crippen molar-refractivity contribution in [3.63, 3.8) is 0 Å². The van der Waals surface area contributed by atoms with E-state index in [-0.39, 0.29) is 26.2 Å². The average Bonchev–Trinajstić information content (AvgIpc) is 2.79. The van der Waals surface area contributed by atoms with Gasteiger partial charge in [0.05, 0.1) is 16.2 Å². The zero-order chi connectivity index (χ0) is 22.9. The van der Waals surface area contributed by atoms with Gasteiger partial charge in [0.25, 0.3) is 0 Å². The molecular weight excluding hydrogens is 448 g/mol. The predicted molar refractivity (Wildman–Crippen MR) is 110 cm³/mol. The van der Waals surface area contributed by atoms with Crippen LogP contribution >= 0.6 is 0 Å². The van der Waals surface area contributed by atoms with Gasteiger partial charge in [-0.2, -0.15) is 17.5 Å². The van der Waals surface area contributed by atoms with Gasteiger partial charge in [-0.1, -0.05) is 30.3 Å². The molecule has 2 heterocycles. The van der Waals surface area contributed by atoms with E-state index in [1.165, 1.54) is 6.33 Å². The molecule has 4 rings (SSSR count). The van der Waals surface area contributed by atoms with Crippen LogP contribution < -0.4 is 4.90 Å². The quantitative estimate of drug-likeness (QED) is 0.547. The Morgan fingerprint density at radius 1 is 0.875 bits per heavy atom. The van der Waals surface area contributed by atoms with Crippen molar-refractivity contribution in [1.82, 2.24) is 14.3 Å². The second kappa shape index (κ2) is 8.47. The number of anilines is 1. The highest BCUT2D eigenvalue weighted by Crippen LogP contribution is 2.33. The first-order valence-corrected chi connectivity index (χ1v) is 11.1. The molecule has 0 saturated carbocycles. The van der Waals surface area contributed by atoms with E-state index in [4.69, 9.17) is 0 Å². The summed E-state index contributed by atoms with van der Waals surface area (Å²) in [6.45, 7) is 0.674. The molecule has 0 N–H and O–H groups in total. The normalized spacial score (nSPS) is 15.7. The second-order valence-corrected chi connectivity index (χ2v) is 9.10. The van der Waals surface area contributed by atoms with Gasteiger partial charge in [0.2, 0.25) is 10.0 Å². The molecule has 1 saturated heterocycles. The van der Waals surface area contributed by atoms with Crippen LogP contribution in [0.2, 0.25) is 0 Å². The topological polar surface area (TPSA) is 66.4 Å². The van der Waals surface area contributed by atoms with E-state index in [1.807, 2.05) is 35.2 Å². The zero-order valence-electron chi connectivity index (χ0n) is 16.6. The van der Waals surface area contributed by atoms with Crippen LogP contribution in [0.5, 0.6) is 0 Å². The summed E-state index contributed by atoms with van der Waals surface area (Å²) < 4.78 is 79.3. The van der Waals surface area contributed by atoms with Gasteiger partial charge in [0.15, 0.2) is 0 Å². The number of piperazine rings is 1. The molecule has 2 aromatic carbocycles. The fraction of sp³-hybridized carbons (Fsp3) is 0.238. The van der Waals surface area contributed by atoms with E-state index in [0.29, 0.717) is 18.0 Å². The van der Waals surface area contributed by atoms with Crippen LogP contribution in [0.1, 0.15) is 5.56 Å². The molecule has 1 aromatic heterocycles. The standard InChI is InChI=1S/C21H18F4N4O2S/c22-18-7-6-16(12-17(18)21(23,24)25)32(30,31)29-10-8-28(9-11-29)20-13-19(26-14-27-20)15-4-2-1-3-5-15/h1-7,12-14H,8-11H2. The third-order valence-electron chi connectivity index (χ3n) is 5.17. The van der Waals surface area contributed by atoms with Gasteiger partial charge in [0.1, 0.15) is 18.0 Å².